The summed E-state index contributed by atoms with van der Waals surface area (Å²) in [4.78, 5) is 21.6. The van der Waals surface area contributed by atoms with Crippen LogP contribution in [-0.2, 0) is 14.3 Å². The number of carbonyl (C=O) groups is 2. The third-order valence-corrected chi connectivity index (χ3v) is 2.96. The van der Waals surface area contributed by atoms with E-state index in [9.17, 15) is 23.5 Å². The first kappa shape index (κ1) is 13.6. The molecule has 17 heavy (non-hydrogen) atoms. The number of hydrogen-bond donors (Lipinski definition) is 0. The summed E-state index contributed by atoms with van der Waals surface area (Å²) >= 11 is 0. The van der Waals surface area contributed by atoms with E-state index in [2.05, 4.69) is 4.74 Å². The third kappa shape index (κ3) is 3.25. The van der Waals surface area contributed by atoms with Crippen molar-refractivity contribution in [2.75, 3.05) is 6.61 Å². The van der Waals surface area contributed by atoms with Crippen molar-refractivity contribution in [3.8, 4) is 0 Å². The first-order valence-corrected chi connectivity index (χ1v) is 5.10. The van der Waals surface area contributed by atoms with Crippen molar-refractivity contribution in [3.05, 3.63) is 12.2 Å². The number of carbonyl (C=O) groups excluding carboxylic acids is 2. The lowest BCUT2D eigenvalue weighted by molar-refractivity contribution is -0.309. The van der Waals surface area contributed by atoms with Gasteiger partial charge < -0.3 is 14.6 Å². The van der Waals surface area contributed by atoms with Crippen LogP contribution < -0.4 is 5.11 Å². The molecular weight excluding hydrogens is 234 g/mol. The van der Waals surface area contributed by atoms with Crippen LogP contribution in [-0.4, -0.2) is 25.0 Å². The third-order valence-electron chi connectivity index (χ3n) is 2.96. The summed E-state index contributed by atoms with van der Waals surface area (Å²) in [5, 5.41) is 10.7. The highest BCUT2D eigenvalue weighted by Crippen LogP contribution is 2.58. The molecule has 4 nitrogen and oxygen atoms in total. The zero-order valence-corrected chi connectivity index (χ0v) is 9.48. The molecule has 2 atom stereocenters. The number of rotatable bonds is 5. The Bertz CT molecular complexity index is 349. The van der Waals surface area contributed by atoms with Crippen molar-refractivity contribution in [2.45, 2.75) is 20.3 Å². The minimum absolute atomic E-state index is 0.327. The van der Waals surface area contributed by atoms with Gasteiger partial charge >= 0.3 is 5.97 Å². The van der Waals surface area contributed by atoms with Crippen molar-refractivity contribution in [3.63, 3.8) is 0 Å². The number of aliphatic carboxylic acids is 1. The molecule has 0 heterocycles. The summed E-state index contributed by atoms with van der Waals surface area (Å²) in [7, 11) is 0. The molecule has 0 amide bonds. The van der Waals surface area contributed by atoms with Crippen LogP contribution in [0.1, 0.15) is 13.8 Å². The molecule has 0 saturated heterocycles. The Morgan fingerprint density at radius 2 is 2.06 bits per heavy atom. The van der Waals surface area contributed by atoms with E-state index >= 15 is 0 Å². The number of carboxylic acid groups (broad SMARTS) is 1. The lowest BCUT2D eigenvalue weighted by Gasteiger charge is -2.01. The minimum Gasteiger partial charge on any atom is -0.550 e. The molecule has 1 aliphatic carbocycles. The largest absolute Gasteiger partial charge is 0.550 e. The first-order chi connectivity index (χ1) is 7.76. The average molecular weight is 247 g/mol. The van der Waals surface area contributed by atoms with Crippen molar-refractivity contribution >= 4 is 11.9 Å². The van der Waals surface area contributed by atoms with Crippen molar-refractivity contribution < 1.29 is 28.2 Å². The predicted octanol–water partition coefficient (Wildman–Crippen LogP) is 0.373. The van der Waals surface area contributed by atoms with Crippen molar-refractivity contribution in [2.24, 2.45) is 17.3 Å². The van der Waals surface area contributed by atoms with E-state index in [0.717, 1.165) is 6.08 Å². The fourth-order valence-electron chi connectivity index (χ4n) is 1.86. The number of alkyl halides is 2. The second-order valence-corrected chi connectivity index (χ2v) is 4.52. The SMILES string of the molecule is CC1(C)C(/C=C/C(=O)OCC(F)F)C1C(=O)[O-]. The van der Waals surface area contributed by atoms with E-state index in [1.54, 1.807) is 13.8 Å². The van der Waals surface area contributed by atoms with Gasteiger partial charge in [-0.05, 0) is 11.3 Å². The summed E-state index contributed by atoms with van der Waals surface area (Å²) in [6.07, 6.45) is -0.355. The maximum Gasteiger partial charge on any atom is 0.330 e. The molecular formula is C11H13F2O4-. The summed E-state index contributed by atoms with van der Waals surface area (Å²) in [6.45, 7) is 2.50. The molecule has 0 aromatic heterocycles. The van der Waals surface area contributed by atoms with E-state index in [1.807, 2.05) is 0 Å². The highest BCUT2D eigenvalue weighted by Gasteiger charge is 2.56. The number of allylic oxidation sites excluding steroid dienone is 1. The maximum absolute atomic E-state index is 11.7. The fourth-order valence-corrected chi connectivity index (χ4v) is 1.86. The second kappa shape index (κ2) is 4.81. The Kier molecular flexibility index (Phi) is 3.85. The number of hydrogen-bond acceptors (Lipinski definition) is 4. The van der Waals surface area contributed by atoms with Gasteiger partial charge in [-0.2, -0.15) is 0 Å². The van der Waals surface area contributed by atoms with E-state index in [-0.39, 0.29) is 5.92 Å². The summed E-state index contributed by atoms with van der Waals surface area (Å²) < 4.78 is 27.6. The van der Waals surface area contributed by atoms with Gasteiger partial charge in [0.15, 0.2) is 6.61 Å². The zero-order chi connectivity index (χ0) is 13.2. The molecule has 2 unspecified atom stereocenters. The normalized spacial score (nSPS) is 26.2. The van der Waals surface area contributed by atoms with Gasteiger partial charge in [-0.15, -0.1) is 0 Å². The van der Waals surface area contributed by atoms with Crippen LogP contribution in [0.3, 0.4) is 0 Å². The standard InChI is InChI=1S/C11H14F2O4/c1-11(2)6(9(11)10(15)16)3-4-8(14)17-5-7(12)13/h3-4,6-7,9H,5H2,1-2H3,(H,15,16)/p-1/b4-3+. The fraction of sp³-hybridized carbons (Fsp3) is 0.636. The molecule has 0 aromatic carbocycles. The molecule has 1 rings (SSSR count). The Labute approximate surface area is 97.3 Å². The Morgan fingerprint density at radius 3 is 2.47 bits per heavy atom. The van der Waals surface area contributed by atoms with Crippen LogP contribution in [0.2, 0.25) is 0 Å². The highest BCUT2D eigenvalue weighted by molar-refractivity contribution is 5.82. The van der Waals surface area contributed by atoms with E-state index < -0.39 is 36.3 Å². The highest BCUT2D eigenvalue weighted by atomic mass is 19.3. The van der Waals surface area contributed by atoms with Crippen molar-refractivity contribution in [1.82, 2.24) is 0 Å². The number of ether oxygens (including phenoxy) is 1. The number of esters is 1. The molecule has 1 aliphatic rings. The average Bonchev–Trinajstić information content (AvgIpc) is 2.74. The van der Waals surface area contributed by atoms with Crippen LogP contribution >= 0.6 is 0 Å². The van der Waals surface area contributed by atoms with Gasteiger partial charge in [-0.3, -0.25) is 0 Å². The molecule has 0 bridgehead atoms. The minimum atomic E-state index is -2.71. The van der Waals surface area contributed by atoms with Gasteiger partial charge in [0.2, 0.25) is 0 Å². The number of halogens is 2. The predicted molar refractivity (Wildman–Crippen MR) is 51.9 cm³/mol. The monoisotopic (exact) mass is 247 g/mol. The molecule has 0 radical (unpaired) electrons. The Balaban J connectivity index is 2.45. The van der Waals surface area contributed by atoms with E-state index in [4.69, 9.17) is 0 Å². The van der Waals surface area contributed by atoms with Gasteiger partial charge in [0.25, 0.3) is 6.43 Å². The van der Waals surface area contributed by atoms with Crippen molar-refractivity contribution in [1.29, 1.82) is 0 Å². The Hall–Kier alpha value is -1.46. The molecule has 0 aliphatic heterocycles. The van der Waals surface area contributed by atoms with Crippen LogP contribution in [0.4, 0.5) is 8.78 Å². The van der Waals surface area contributed by atoms with Gasteiger partial charge in [0, 0.05) is 18.0 Å². The summed E-state index contributed by atoms with van der Waals surface area (Å²) in [6, 6.07) is 0. The Morgan fingerprint density at radius 1 is 1.47 bits per heavy atom. The summed E-state index contributed by atoms with van der Waals surface area (Å²) in [5.74, 6) is -3.05. The molecule has 0 aromatic rings. The lowest BCUT2D eigenvalue weighted by Crippen LogP contribution is -2.26. The lowest BCUT2D eigenvalue weighted by atomic mass is 10.1. The smallest absolute Gasteiger partial charge is 0.330 e. The van der Waals surface area contributed by atoms with Crippen LogP contribution in [0.25, 0.3) is 0 Å². The molecule has 1 saturated carbocycles. The van der Waals surface area contributed by atoms with Crippen LogP contribution in [0, 0.1) is 17.3 Å². The second-order valence-electron chi connectivity index (χ2n) is 4.52. The molecule has 1 fully saturated rings. The molecule has 96 valence electrons. The topological polar surface area (TPSA) is 66.4 Å². The van der Waals surface area contributed by atoms with Gasteiger partial charge in [0.05, 0.1) is 0 Å². The van der Waals surface area contributed by atoms with Gasteiger partial charge in [0.1, 0.15) is 0 Å². The molecule has 6 heteroatoms. The first-order valence-electron chi connectivity index (χ1n) is 5.10. The molecule has 0 spiro atoms. The van der Waals surface area contributed by atoms with Gasteiger partial charge in [-0.1, -0.05) is 19.9 Å². The zero-order valence-electron chi connectivity index (χ0n) is 9.48. The van der Waals surface area contributed by atoms with E-state index in [0.29, 0.717) is 0 Å². The summed E-state index contributed by atoms with van der Waals surface area (Å²) in [5.41, 5.74) is -0.474. The maximum atomic E-state index is 11.7. The van der Waals surface area contributed by atoms with Crippen LogP contribution in [0.5, 0.6) is 0 Å². The molecule has 0 N–H and O–H groups in total. The van der Waals surface area contributed by atoms with Crippen LogP contribution in [0.15, 0.2) is 12.2 Å². The van der Waals surface area contributed by atoms with Gasteiger partial charge in [-0.25, -0.2) is 13.6 Å². The number of carboxylic acids is 1. The van der Waals surface area contributed by atoms with E-state index in [1.165, 1.54) is 6.08 Å². The quantitative estimate of drug-likeness (QED) is 0.520.